The van der Waals surface area contributed by atoms with Gasteiger partial charge in [0, 0.05) is 13.0 Å². The highest BCUT2D eigenvalue weighted by Gasteiger charge is 2.16. The zero-order chi connectivity index (χ0) is 12.4. The van der Waals surface area contributed by atoms with Crippen molar-refractivity contribution in [2.24, 2.45) is 5.92 Å². The summed E-state index contributed by atoms with van der Waals surface area (Å²) in [5.74, 6) is -0.359. The summed E-state index contributed by atoms with van der Waals surface area (Å²) in [7, 11) is 0. The molecule has 0 aromatic heterocycles. The molecule has 0 bridgehead atoms. The van der Waals surface area contributed by atoms with Gasteiger partial charge in [0.05, 0.1) is 5.92 Å². The van der Waals surface area contributed by atoms with Crippen molar-refractivity contribution in [2.45, 2.75) is 32.6 Å². The topological polar surface area (TPSA) is 66.4 Å². The molecule has 0 rings (SSSR count). The Morgan fingerprint density at radius 3 is 2.62 bits per heavy atom. The summed E-state index contributed by atoms with van der Waals surface area (Å²) in [4.78, 5) is 22.1. The number of carboxylic acid groups (broad SMARTS) is 1. The molecule has 0 saturated heterocycles. The van der Waals surface area contributed by atoms with Crippen molar-refractivity contribution in [3.63, 3.8) is 0 Å². The van der Waals surface area contributed by atoms with Crippen LogP contribution in [0.1, 0.15) is 32.6 Å². The number of aliphatic carboxylic acids is 1. The van der Waals surface area contributed by atoms with Crippen LogP contribution in [0.2, 0.25) is 0 Å². The molecule has 2 N–H and O–H groups in total. The number of carbonyl (C=O) groups is 2. The number of nitrogens with one attached hydrogen (secondary N) is 1. The molecule has 0 spiro atoms. The van der Waals surface area contributed by atoms with Gasteiger partial charge >= 0.3 is 5.97 Å². The highest BCUT2D eigenvalue weighted by molar-refractivity contribution is 7.98. The van der Waals surface area contributed by atoms with Gasteiger partial charge in [0.15, 0.2) is 0 Å². The van der Waals surface area contributed by atoms with Crippen LogP contribution in [-0.2, 0) is 9.59 Å². The molecular weight excluding hydrogens is 226 g/mol. The fraction of sp³-hybridized carbons (Fsp3) is 0.818. The Morgan fingerprint density at radius 2 is 2.12 bits per heavy atom. The van der Waals surface area contributed by atoms with E-state index in [2.05, 4.69) is 5.32 Å². The van der Waals surface area contributed by atoms with Crippen LogP contribution in [0, 0.1) is 5.92 Å². The normalized spacial score (nSPS) is 12.1. The van der Waals surface area contributed by atoms with E-state index in [0.717, 1.165) is 18.6 Å². The Kier molecular flexibility index (Phi) is 9.09. The van der Waals surface area contributed by atoms with Crippen LogP contribution in [0.5, 0.6) is 0 Å². The average molecular weight is 247 g/mol. The first-order valence-electron chi connectivity index (χ1n) is 5.60. The summed E-state index contributed by atoms with van der Waals surface area (Å²) in [6, 6.07) is 0. The second-order valence-electron chi connectivity index (χ2n) is 3.72. The maximum Gasteiger partial charge on any atom is 0.308 e. The summed E-state index contributed by atoms with van der Waals surface area (Å²) >= 11 is 1.71. The van der Waals surface area contributed by atoms with Crippen LogP contribution in [-0.4, -0.2) is 35.5 Å². The summed E-state index contributed by atoms with van der Waals surface area (Å²) in [5, 5.41) is 11.6. The molecule has 0 radical (unpaired) electrons. The van der Waals surface area contributed by atoms with E-state index in [9.17, 15) is 9.59 Å². The highest BCUT2D eigenvalue weighted by Crippen LogP contribution is 2.05. The molecule has 16 heavy (non-hydrogen) atoms. The molecule has 0 aliphatic rings. The molecule has 94 valence electrons. The van der Waals surface area contributed by atoms with Crippen molar-refractivity contribution in [2.75, 3.05) is 18.6 Å². The Hall–Kier alpha value is -0.710. The van der Waals surface area contributed by atoms with Gasteiger partial charge in [0.1, 0.15) is 0 Å². The minimum atomic E-state index is -0.828. The van der Waals surface area contributed by atoms with Gasteiger partial charge < -0.3 is 10.4 Å². The summed E-state index contributed by atoms with van der Waals surface area (Å²) in [5.41, 5.74) is 0. The van der Waals surface area contributed by atoms with Crippen LogP contribution in [0.25, 0.3) is 0 Å². The predicted molar refractivity (Wildman–Crippen MR) is 66.7 cm³/mol. The SMILES string of the molecule is CCCC(CNC(=O)CCCSC)C(=O)O. The van der Waals surface area contributed by atoms with E-state index < -0.39 is 11.9 Å². The number of thioether (sulfide) groups is 1. The minimum Gasteiger partial charge on any atom is -0.481 e. The molecule has 0 aliphatic carbocycles. The van der Waals surface area contributed by atoms with Gasteiger partial charge in [0.2, 0.25) is 5.91 Å². The largest absolute Gasteiger partial charge is 0.481 e. The summed E-state index contributed by atoms with van der Waals surface area (Å²) < 4.78 is 0. The number of amides is 1. The van der Waals surface area contributed by atoms with E-state index in [1.807, 2.05) is 13.2 Å². The molecule has 5 heteroatoms. The fourth-order valence-electron chi connectivity index (χ4n) is 1.36. The standard InChI is InChI=1S/C11H21NO3S/c1-3-5-9(11(14)15)8-12-10(13)6-4-7-16-2/h9H,3-8H2,1-2H3,(H,12,13)(H,14,15). The zero-order valence-electron chi connectivity index (χ0n) is 9.99. The number of hydrogen-bond donors (Lipinski definition) is 2. The number of rotatable bonds is 9. The van der Waals surface area contributed by atoms with E-state index in [0.29, 0.717) is 12.8 Å². The van der Waals surface area contributed by atoms with Crippen LogP contribution in [0.15, 0.2) is 0 Å². The number of carbonyl (C=O) groups excluding carboxylic acids is 1. The number of carboxylic acids is 1. The molecule has 0 fully saturated rings. The lowest BCUT2D eigenvalue weighted by Gasteiger charge is -2.12. The Balaban J connectivity index is 3.74. The summed E-state index contributed by atoms with van der Waals surface area (Å²) in [6.45, 7) is 2.19. The Morgan fingerprint density at radius 1 is 1.44 bits per heavy atom. The van der Waals surface area contributed by atoms with Crippen molar-refractivity contribution in [3.8, 4) is 0 Å². The van der Waals surface area contributed by atoms with Crippen molar-refractivity contribution in [1.82, 2.24) is 5.32 Å². The molecule has 4 nitrogen and oxygen atoms in total. The van der Waals surface area contributed by atoms with E-state index in [1.165, 1.54) is 0 Å². The van der Waals surface area contributed by atoms with Gasteiger partial charge in [-0.3, -0.25) is 9.59 Å². The third kappa shape index (κ3) is 7.56. The Bertz CT molecular complexity index is 221. The van der Waals surface area contributed by atoms with Crippen molar-refractivity contribution >= 4 is 23.6 Å². The van der Waals surface area contributed by atoms with Gasteiger partial charge in [-0.1, -0.05) is 13.3 Å². The maximum atomic E-state index is 11.3. The van der Waals surface area contributed by atoms with E-state index >= 15 is 0 Å². The molecule has 0 aromatic carbocycles. The van der Waals surface area contributed by atoms with Gasteiger partial charge in [-0.15, -0.1) is 0 Å². The zero-order valence-corrected chi connectivity index (χ0v) is 10.8. The molecule has 0 saturated carbocycles. The molecule has 1 atom stereocenters. The Labute approximate surface area is 101 Å². The molecule has 1 amide bonds. The average Bonchev–Trinajstić information content (AvgIpc) is 2.24. The third-order valence-corrected chi connectivity index (χ3v) is 2.98. The van der Waals surface area contributed by atoms with Gasteiger partial charge in [-0.2, -0.15) is 11.8 Å². The van der Waals surface area contributed by atoms with Gasteiger partial charge in [-0.25, -0.2) is 0 Å². The van der Waals surface area contributed by atoms with Crippen molar-refractivity contribution in [1.29, 1.82) is 0 Å². The van der Waals surface area contributed by atoms with Crippen LogP contribution >= 0.6 is 11.8 Å². The van der Waals surface area contributed by atoms with Gasteiger partial charge in [0.25, 0.3) is 0 Å². The van der Waals surface area contributed by atoms with Gasteiger partial charge in [-0.05, 0) is 24.9 Å². The van der Waals surface area contributed by atoms with E-state index in [1.54, 1.807) is 11.8 Å². The first-order chi connectivity index (χ1) is 7.61. The molecule has 0 heterocycles. The molecular formula is C11H21NO3S. The monoisotopic (exact) mass is 247 g/mol. The lowest BCUT2D eigenvalue weighted by molar-refractivity contribution is -0.141. The number of hydrogen-bond acceptors (Lipinski definition) is 3. The second kappa shape index (κ2) is 9.51. The van der Waals surface area contributed by atoms with Crippen molar-refractivity contribution < 1.29 is 14.7 Å². The highest BCUT2D eigenvalue weighted by atomic mass is 32.2. The maximum absolute atomic E-state index is 11.3. The van der Waals surface area contributed by atoms with E-state index in [4.69, 9.17) is 5.11 Å². The lowest BCUT2D eigenvalue weighted by atomic mass is 10.0. The second-order valence-corrected chi connectivity index (χ2v) is 4.71. The van der Waals surface area contributed by atoms with Crippen molar-refractivity contribution in [3.05, 3.63) is 0 Å². The smallest absolute Gasteiger partial charge is 0.308 e. The molecule has 0 aliphatic heterocycles. The third-order valence-electron chi connectivity index (χ3n) is 2.28. The minimum absolute atomic E-state index is 0.0450. The fourth-order valence-corrected chi connectivity index (χ4v) is 1.80. The molecule has 1 unspecified atom stereocenters. The summed E-state index contributed by atoms with van der Waals surface area (Å²) in [6.07, 6.45) is 4.76. The van der Waals surface area contributed by atoms with Crippen LogP contribution in [0.4, 0.5) is 0 Å². The molecule has 0 aromatic rings. The predicted octanol–water partition coefficient (Wildman–Crippen LogP) is 1.75. The first kappa shape index (κ1) is 15.3. The quantitative estimate of drug-likeness (QED) is 0.609. The van der Waals surface area contributed by atoms with E-state index in [-0.39, 0.29) is 12.5 Å². The van der Waals surface area contributed by atoms with Crippen LogP contribution in [0.3, 0.4) is 0 Å². The first-order valence-corrected chi connectivity index (χ1v) is 6.99. The van der Waals surface area contributed by atoms with Crippen LogP contribution < -0.4 is 5.32 Å². The lowest BCUT2D eigenvalue weighted by Crippen LogP contribution is -2.32.